The van der Waals surface area contributed by atoms with E-state index < -0.39 is 5.41 Å². The van der Waals surface area contributed by atoms with Crippen LogP contribution < -0.4 is 4.74 Å². The van der Waals surface area contributed by atoms with Gasteiger partial charge in [-0.1, -0.05) is 63.2 Å². The van der Waals surface area contributed by atoms with Crippen molar-refractivity contribution in [1.82, 2.24) is 0 Å². The lowest BCUT2D eigenvalue weighted by Crippen LogP contribution is -2.21. The van der Waals surface area contributed by atoms with E-state index in [9.17, 15) is 10.1 Å². The number of carbonyl (C=O) groups is 1. The Kier molecular flexibility index (Phi) is 5.55. The molecule has 0 aliphatic rings. The molecular weight excluding hydrogens is 298 g/mol. The molecule has 0 bridgehead atoms. The number of nitrogens with zero attached hydrogens (tertiary/aromatic N) is 1. The summed E-state index contributed by atoms with van der Waals surface area (Å²) in [4.78, 5) is 12.2. The molecule has 0 spiro atoms. The maximum atomic E-state index is 12.2. The minimum Gasteiger partial charge on any atom is -0.489 e. The Morgan fingerprint density at radius 2 is 1.71 bits per heavy atom. The van der Waals surface area contributed by atoms with Crippen LogP contribution in [0, 0.1) is 16.7 Å². The fourth-order valence-electron chi connectivity index (χ4n) is 2.12. The second-order valence-electron chi connectivity index (χ2n) is 6.59. The van der Waals surface area contributed by atoms with Crippen LogP contribution in [0.15, 0.2) is 60.2 Å². The Morgan fingerprint density at radius 3 is 2.25 bits per heavy atom. The van der Waals surface area contributed by atoms with E-state index in [2.05, 4.69) is 0 Å². The zero-order valence-electron chi connectivity index (χ0n) is 14.2. The van der Waals surface area contributed by atoms with Crippen molar-refractivity contribution in [3.05, 3.63) is 71.3 Å². The Labute approximate surface area is 143 Å². The maximum absolute atomic E-state index is 12.2. The van der Waals surface area contributed by atoms with Gasteiger partial charge in [0.1, 0.15) is 18.4 Å². The summed E-state index contributed by atoms with van der Waals surface area (Å²) in [7, 11) is 0. The third kappa shape index (κ3) is 4.82. The summed E-state index contributed by atoms with van der Waals surface area (Å²) in [5.41, 5.74) is 1.50. The highest BCUT2D eigenvalue weighted by atomic mass is 16.5. The number of Topliss-reactive ketones (excluding diaryl/α,β-unsaturated/α-hetero) is 1. The average molecular weight is 319 g/mol. The topological polar surface area (TPSA) is 50.1 Å². The smallest absolute Gasteiger partial charge is 0.178 e. The van der Waals surface area contributed by atoms with E-state index in [-0.39, 0.29) is 11.4 Å². The molecule has 0 fully saturated rings. The van der Waals surface area contributed by atoms with Gasteiger partial charge in [0, 0.05) is 5.41 Å². The molecule has 0 aliphatic heterocycles. The predicted octanol–water partition coefficient (Wildman–Crippen LogP) is 4.79. The molecule has 2 aromatic carbocycles. The summed E-state index contributed by atoms with van der Waals surface area (Å²) in [6.07, 6.45) is 1.62. The van der Waals surface area contributed by atoms with Crippen molar-refractivity contribution in [2.45, 2.75) is 27.4 Å². The molecule has 0 amide bonds. The molecule has 0 saturated heterocycles. The predicted molar refractivity (Wildman–Crippen MR) is 95.3 cm³/mol. The van der Waals surface area contributed by atoms with Gasteiger partial charge in [-0.2, -0.15) is 5.26 Å². The van der Waals surface area contributed by atoms with Gasteiger partial charge in [-0.25, -0.2) is 0 Å². The second kappa shape index (κ2) is 7.61. The summed E-state index contributed by atoms with van der Waals surface area (Å²) in [6.45, 7) is 5.92. The Hall–Kier alpha value is -2.86. The van der Waals surface area contributed by atoms with Gasteiger partial charge in [-0.05, 0) is 29.3 Å². The highest BCUT2D eigenvalue weighted by molar-refractivity contribution is 6.06. The molecule has 0 saturated carbocycles. The molecule has 24 heavy (non-hydrogen) atoms. The van der Waals surface area contributed by atoms with Crippen LogP contribution in [0.25, 0.3) is 6.08 Å². The van der Waals surface area contributed by atoms with Crippen molar-refractivity contribution in [3.8, 4) is 11.8 Å². The van der Waals surface area contributed by atoms with E-state index in [1.165, 1.54) is 0 Å². The number of nitriles is 1. The molecule has 3 heteroatoms. The normalized spacial score (nSPS) is 11.7. The van der Waals surface area contributed by atoms with Gasteiger partial charge >= 0.3 is 0 Å². The summed E-state index contributed by atoms with van der Waals surface area (Å²) in [6, 6.07) is 19.3. The fraction of sp³-hybridized carbons (Fsp3) is 0.238. The second-order valence-corrected chi connectivity index (χ2v) is 6.59. The number of rotatable bonds is 5. The first-order valence-corrected chi connectivity index (χ1v) is 7.83. The molecule has 2 aromatic rings. The molecule has 0 radical (unpaired) electrons. The molecule has 0 atom stereocenters. The van der Waals surface area contributed by atoms with Crippen molar-refractivity contribution in [2.24, 2.45) is 5.41 Å². The zero-order valence-corrected chi connectivity index (χ0v) is 14.2. The molecule has 122 valence electrons. The zero-order chi connectivity index (χ0) is 17.6. The molecule has 2 rings (SSSR count). The van der Waals surface area contributed by atoms with E-state index in [1.807, 2.05) is 60.7 Å². The number of benzene rings is 2. The third-order valence-corrected chi connectivity index (χ3v) is 3.49. The molecule has 0 N–H and O–H groups in total. The first-order chi connectivity index (χ1) is 11.4. The van der Waals surface area contributed by atoms with Gasteiger partial charge in [0.25, 0.3) is 0 Å². The fourth-order valence-corrected chi connectivity index (χ4v) is 2.12. The van der Waals surface area contributed by atoms with Gasteiger partial charge in [-0.3, -0.25) is 4.79 Å². The van der Waals surface area contributed by atoms with Crippen molar-refractivity contribution in [2.75, 3.05) is 0 Å². The van der Waals surface area contributed by atoms with Gasteiger partial charge in [0.2, 0.25) is 0 Å². The first kappa shape index (κ1) is 17.5. The van der Waals surface area contributed by atoms with Crippen LogP contribution in [0.3, 0.4) is 0 Å². The lowest BCUT2D eigenvalue weighted by molar-refractivity contribution is -0.121. The minimum absolute atomic E-state index is 0.158. The lowest BCUT2D eigenvalue weighted by atomic mass is 9.86. The van der Waals surface area contributed by atoms with Crippen LogP contribution >= 0.6 is 0 Å². The SMILES string of the molecule is CC(C)(C)C(=O)/C(C#N)=C/c1ccc(OCc2ccccc2)cc1. The van der Waals surface area contributed by atoms with Gasteiger partial charge in [0.05, 0.1) is 5.57 Å². The van der Waals surface area contributed by atoms with Crippen molar-refractivity contribution in [1.29, 1.82) is 5.26 Å². The average Bonchev–Trinajstić information content (AvgIpc) is 2.58. The summed E-state index contributed by atoms with van der Waals surface area (Å²) < 4.78 is 5.73. The van der Waals surface area contributed by atoms with Gasteiger partial charge < -0.3 is 4.74 Å². The Morgan fingerprint density at radius 1 is 1.08 bits per heavy atom. The number of carbonyl (C=O) groups excluding carboxylic acids is 1. The third-order valence-electron chi connectivity index (χ3n) is 3.49. The Balaban J connectivity index is 2.07. The van der Waals surface area contributed by atoms with Crippen LogP contribution in [-0.4, -0.2) is 5.78 Å². The largest absolute Gasteiger partial charge is 0.489 e. The van der Waals surface area contributed by atoms with Gasteiger partial charge in [-0.15, -0.1) is 0 Å². The number of ketones is 1. The molecule has 0 heterocycles. The molecule has 3 nitrogen and oxygen atoms in total. The standard InChI is InChI=1S/C21H21NO2/c1-21(2,3)20(23)18(14-22)13-16-9-11-19(12-10-16)24-15-17-7-5-4-6-8-17/h4-13H,15H2,1-3H3/b18-13+. The van der Waals surface area contributed by atoms with Crippen LogP contribution in [-0.2, 0) is 11.4 Å². The maximum Gasteiger partial charge on any atom is 0.178 e. The molecular formula is C21H21NO2. The molecule has 0 unspecified atom stereocenters. The lowest BCUT2D eigenvalue weighted by Gasteiger charge is -2.15. The van der Waals surface area contributed by atoms with E-state index >= 15 is 0 Å². The van der Waals surface area contributed by atoms with Gasteiger partial charge in [0.15, 0.2) is 5.78 Å². The number of hydrogen-bond acceptors (Lipinski definition) is 3. The van der Waals surface area contributed by atoms with E-state index in [1.54, 1.807) is 26.8 Å². The van der Waals surface area contributed by atoms with E-state index in [0.29, 0.717) is 6.61 Å². The molecule has 0 aromatic heterocycles. The van der Waals surface area contributed by atoms with E-state index in [0.717, 1.165) is 16.9 Å². The summed E-state index contributed by atoms with van der Waals surface area (Å²) in [5.74, 6) is 0.589. The highest BCUT2D eigenvalue weighted by Crippen LogP contribution is 2.22. The highest BCUT2D eigenvalue weighted by Gasteiger charge is 2.24. The van der Waals surface area contributed by atoms with Crippen LogP contribution in [0.2, 0.25) is 0 Å². The summed E-state index contributed by atoms with van der Waals surface area (Å²) >= 11 is 0. The van der Waals surface area contributed by atoms with Crippen molar-refractivity contribution >= 4 is 11.9 Å². The molecule has 0 aliphatic carbocycles. The Bertz CT molecular complexity index is 760. The first-order valence-electron chi connectivity index (χ1n) is 7.83. The van der Waals surface area contributed by atoms with Crippen LogP contribution in [0.4, 0.5) is 0 Å². The summed E-state index contributed by atoms with van der Waals surface area (Å²) in [5, 5.41) is 9.22. The quantitative estimate of drug-likeness (QED) is 0.588. The van der Waals surface area contributed by atoms with E-state index in [4.69, 9.17) is 4.74 Å². The number of ether oxygens (including phenoxy) is 1. The van der Waals surface area contributed by atoms with Crippen LogP contribution in [0.1, 0.15) is 31.9 Å². The van der Waals surface area contributed by atoms with Crippen molar-refractivity contribution in [3.63, 3.8) is 0 Å². The monoisotopic (exact) mass is 319 g/mol. The number of allylic oxidation sites excluding steroid dienone is 1. The van der Waals surface area contributed by atoms with Crippen LogP contribution in [0.5, 0.6) is 5.75 Å². The number of hydrogen-bond donors (Lipinski definition) is 0. The van der Waals surface area contributed by atoms with Crippen molar-refractivity contribution < 1.29 is 9.53 Å². The minimum atomic E-state index is -0.569.